The second-order valence-corrected chi connectivity index (χ2v) is 4.75. The predicted molar refractivity (Wildman–Crippen MR) is 76.1 cm³/mol. The van der Waals surface area contributed by atoms with Crippen molar-refractivity contribution < 1.29 is 4.74 Å². The molecule has 19 heavy (non-hydrogen) atoms. The van der Waals surface area contributed by atoms with Crippen LogP contribution in [0.1, 0.15) is 32.3 Å². The Hall–Kier alpha value is -1.40. The molecule has 0 aliphatic carbocycles. The summed E-state index contributed by atoms with van der Waals surface area (Å²) >= 11 is 0. The van der Waals surface area contributed by atoms with Crippen LogP contribution in [0.15, 0.2) is 6.33 Å². The Morgan fingerprint density at radius 3 is 3.00 bits per heavy atom. The SMILES string of the molecule is CCCc1c(NN)ncnc1N1CCOCC1CC. The lowest BCUT2D eigenvalue weighted by Crippen LogP contribution is -2.46. The molecule has 1 aromatic heterocycles. The van der Waals surface area contributed by atoms with Gasteiger partial charge in [-0.25, -0.2) is 15.8 Å². The third-order valence-electron chi connectivity index (χ3n) is 3.53. The maximum absolute atomic E-state index is 5.56. The van der Waals surface area contributed by atoms with Gasteiger partial charge >= 0.3 is 0 Å². The van der Waals surface area contributed by atoms with Crippen LogP contribution in [0.5, 0.6) is 0 Å². The first-order valence-electron chi connectivity index (χ1n) is 6.96. The third-order valence-corrected chi connectivity index (χ3v) is 3.53. The van der Waals surface area contributed by atoms with Crippen LogP contribution in [0.2, 0.25) is 0 Å². The molecule has 3 N–H and O–H groups in total. The van der Waals surface area contributed by atoms with Crippen LogP contribution < -0.4 is 16.2 Å². The lowest BCUT2D eigenvalue weighted by Gasteiger charge is -2.37. The van der Waals surface area contributed by atoms with Crippen molar-refractivity contribution in [3.05, 3.63) is 11.9 Å². The first-order valence-corrected chi connectivity index (χ1v) is 6.96. The molecule has 1 saturated heterocycles. The van der Waals surface area contributed by atoms with E-state index < -0.39 is 0 Å². The molecule has 0 bridgehead atoms. The van der Waals surface area contributed by atoms with Crippen LogP contribution in [0.3, 0.4) is 0 Å². The van der Waals surface area contributed by atoms with Gasteiger partial charge in [0, 0.05) is 12.1 Å². The molecule has 0 radical (unpaired) electrons. The van der Waals surface area contributed by atoms with E-state index in [1.165, 1.54) is 0 Å². The molecule has 106 valence electrons. The summed E-state index contributed by atoms with van der Waals surface area (Å²) in [6.07, 6.45) is 4.58. The molecule has 1 unspecified atom stereocenters. The Balaban J connectivity index is 2.36. The first-order chi connectivity index (χ1) is 9.31. The summed E-state index contributed by atoms with van der Waals surface area (Å²) in [5.74, 6) is 7.29. The molecule has 1 fully saturated rings. The van der Waals surface area contributed by atoms with Gasteiger partial charge in [0.15, 0.2) is 0 Å². The smallest absolute Gasteiger partial charge is 0.148 e. The molecular weight excluding hydrogens is 242 g/mol. The van der Waals surface area contributed by atoms with Crippen molar-refractivity contribution in [2.75, 3.05) is 30.1 Å². The van der Waals surface area contributed by atoms with Gasteiger partial charge in [-0.2, -0.15) is 0 Å². The van der Waals surface area contributed by atoms with Crippen molar-refractivity contribution in [3.63, 3.8) is 0 Å². The second kappa shape index (κ2) is 6.68. The third kappa shape index (κ3) is 2.96. The molecular formula is C13H23N5O. The second-order valence-electron chi connectivity index (χ2n) is 4.75. The van der Waals surface area contributed by atoms with Gasteiger partial charge in [-0.05, 0) is 12.8 Å². The van der Waals surface area contributed by atoms with Crippen molar-refractivity contribution in [1.29, 1.82) is 0 Å². The van der Waals surface area contributed by atoms with Crippen molar-refractivity contribution in [3.8, 4) is 0 Å². The predicted octanol–water partition coefficient (Wildman–Crippen LogP) is 1.33. The number of hydrazine groups is 1. The number of ether oxygens (including phenoxy) is 1. The van der Waals surface area contributed by atoms with E-state index in [1.54, 1.807) is 6.33 Å². The molecule has 1 aliphatic rings. The van der Waals surface area contributed by atoms with E-state index in [1.807, 2.05) is 0 Å². The fraction of sp³-hybridized carbons (Fsp3) is 0.692. The van der Waals surface area contributed by atoms with Crippen LogP contribution in [0.4, 0.5) is 11.6 Å². The molecule has 6 heteroatoms. The zero-order chi connectivity index (χ0) is 13.7. The van der Waals surface area contributed by atoms with Crippen molar-refractivity contribution in [2.24, 2.45) is 5.84 Å². The fourth-order valence-electron chi connectivity index (χ4n) is 2.53. The number of rotatable bonds is 5. The zero-order valence-corrected chi connectivity index (χ0v) is 11.7. The van der Waals surface area contributed by atoms with Crippen LogP contribution in [0.25, 0.3) is 0 Å². The number of nitrogens with zero attached hydrogens (tertiary/aromatic N) is 3. The van der Waals surface area contributed by atoms with E-state index in [9.17, 15) is 0 Å². The summed E-state index contributed by atoms with van der Waals surface area (Å²) < 4.78 is 5.56. The van der Waals surface area contributed by atoms with Crippen LogP contribution in [0, 0.1) is 0 Å². The highest BCUT2D eigenvalue weighted by Gasteiger charge is 2.25. The van der Waals surface area contributed by atoms with E-state index in [-0.39, 0.29) is 0 Å². The zero-order valence-electron chi connectivity index (χ0n) is 11.7. The highest BCUT2D eigenvalue weighted by Crippen LogP contribution is 2.27. The van der Waals surface area contributed by atoms with Crippen molar-refractivity contribution >= 4 is 11.6 Å². The fourth-order valence-corrected chi connectivity index (χ4v) is 2.53. The normalized spacial score (nSPS) is 19.5. The van der Waals surface area contributed by atoms with Gasteiger partial charge in [0.25, 0.3) is 0 Å². The molecule has 0 aromatic carbocycles. The Labute approximate surface area is 114 Å². The van der Waals surface area contributed by atoms with Gasteiger partial charge in [-0.1, -0.05) is 20.3 Å². The van der Waals surface area contributed by atoms with E-state index in [2.05, 4.69) is 34.1 Å². The van der Waals surface area contributed by atoms with E-state index >= 15 is 0 Å². The number of hydrogen-bond acceptors (Lipinski definition) is 6. The lowest BCUT2D eigenvalue weighted by atomic mass is 10.1. The minimum Gasteiger partial charge on any atom is -0.377 e. The molecule has 2 rings (SSSR count). The minimum atomic E-state index is 0.380. The Kier molecular flexibility index (Phi) is 4.93. The topological polar surface area (TPSA) is 76.3 Å². The summed E-state index contributed by atoms with van der Waals surface area (Å²) in [7, 11) is 0. The Morgan fingerprint density at radius 1 is 1.47 bits per heavy atom. The van der Waals surface area contributed by atoms with Crippen LogP contribution >= 0.6 is 0 Å². The molecule has 1 atom stereocenters. The van der Waals surface area contributed by atoms with Crippen molar-refractivity contribution in [2.45, 2.75) is 39.2 Å². The lowest BCUT2D eigenvalue weighted by molar-refractivity contribution is 0.0924. The number of morpholine rings is 1. The highest BCUT2D eigenvalue weighted by atomic mass is 16.5. The van der Waals surface area contributed by atoms with Crippen LogP contribution in [-0.2, 0) is 11.2 Å². The largest absolute Gasteiger partial charge is 0.377 e. The van der Waals surface area contributed by atoms with Gasteiger partial charge in [-0.15, -0.1) is 0 Å². The van der Waals surface area contributed by atoms with Gasteiger partial charge in [-0.3, -0.25) is 0 Å². The summed E-state index contributed by atoms with van der Waals surface area (Å²) in [5.41, 5.74) is 3.79. The van der Waals surface area contributed by atoms with E-state index in [0.29, 0.717) is 6.04 Å². The molecule has 6 nitrogen and oxygen atoms in total. The van der Waals surface area contributed by atoms with Gasteiger partial charge in [0.2, 0.25) is 0 Å². The maximum Gasteiger partial charge on any atom is 0.148 e. The molecule has 1 aromatic rings. The number of nitrogens with two attached hydrogens (primary N) is 1. The van der Waals surface area contributed by atoms with Crippen LogP contribution in [-0.4, -0.2) is 35.8 Å². The first kappa shape index (κ1) is 14.0. The number of nitrogens with one attached hydrogen (secondary N) is 1. The summed E-state index contributed by atoms with van der Waals surface area (Å²) in [4.78, 5) is 11.0. The maximum atomic E-state index is 5.56. The molecule has 0 amide bonds. The Bertz CT molecular complexity index is 412. The Morgan fingerprint density at radius 2 is 2.32 bits per heavy atom. The average Bonchev–Trinajstić information content (AvgIpc) is 2.47. The number of nitrogen functional groups attached to an aromatic ring is 1. The summed E-state index contributed by atoms with van der Waals surface area (Å²) in [6.45, 7) is 6.70. The molecule has 0 spiro atoms. The number of anilines is 2. The number of hydrogen-bond donors (Lipinski definition) is 2. The van der Waals surface area contributed by atoms with E-state index in [0.717, 1.165) is 56.2 Å². The molecule has 2 heterocycles. The van der Waals surface area contributed by atoms with Gasteiger partial charge in [0.1, 0.15) is 18.0 Å². The summed E-state index contributed by atoms with van der Waals surface area (Å²) in [6, 6.07) is 0.380. The minimum absolute atomic E-state index is 0.380. The van der Waals surface area contributed by atoms with Crippen molar-refractivity contribution in [1.82, 2.24) is 9.97 Å². The summed E-state index contributed by atoms with van der Waals surface area (Å²) in [5, 5.41) is 0. The van der Waals surface area contributed by atoms with Gasteiger partial charge < -0.3 is 15.1 Å². The standard InChI is InChI=1S/C13H23N5O/c1-3-5-11-12(17-14)15-9-16-13(11)18-6-7-19-8-10(18)4-2/h9-10H,3-8,14H2,1-2H3,(H,15,16,17). The monoisotopic (exact) mass is 265 g/mol. The average molecular weight is 265 g/mol. The molecule has 0 saturated carbocycles. The quantitative estimate of drug-likeness (QED) is 0.618. The van der Waals surface area contributed by atoms with Gasteiger partial charge in [0.05, 0.1) is 19.3 Å². The highest BCUT2D eigenvalue weighted by molar-refractivity contribution is 5.59. The molecule has 1 aliphatic heterocycles. The van der Waals surface area contributed by atoms with E-state index in [4.69, 9.17) is 10.6 Å². The number of aromatic nitrogens is 2.